The van der Waals surface area contributed by atoms with Gasteiger partial charge in [0.2, 0.25) is 5.78 Å². The quantitative estimate of drug-likeness (QED) is 0.509. The zero-order chi connectivity index (χ0) is 18.6. The van der Waals surface area contributed by atoms with Gasteiger partial charge >= 0.3 is 5.97 Å². The number of Topliss-reactive ketones (excluding diaryl/α,β-unsaturated/α-hetero) is 1. The SMILES string of the molecule is CCOc1ccc(C(=O)[C@@H](C)OC(=O)c2ncc(Cl)c(Cl)c2Cl)cc1. The molecule has 5 nitrogen and oxygen atoms in total. The summed E-state index contributed by atoms with van der Waals surface area (Å²) in [6.45, 7) is 3.85. The summed E-state index contributed by atoms with van der Waals surface area (Å²) >= 11 is 17.6. The fraction of sp³-hybridized carbons (Fsp3) is 0.235. The third-order valence-corrected chi connectivity index (χ3v) is 4.45. The lowest BCUT2D eigenvalue weighted by molar-refractivity contribution is 0.0313. The van der Waals surface area contributed by atoms with Gasteiger partial charge in [0, 0.05) is 11.8 Å². The predicted octanol–water partition coefficient (Wildman–Crippen LogP) is 4.87. The normalized spacial score (nSPS) is 11.7. The number of esters is 1. The lowest BCUT2D eigenvalue weighted by atomic mass is 10.1. The van der Waals surface area contributed by atoms with Crippen molar-refractivity contribution >= 4 is 46.6 Å². The molecule has 0 unspecified atom stereocenters. The molecular formula is C17H14Cl3NO4. The van der Waals surface area contributed by atoms with Crippen LogP contribution in [0.4, 0.5) is 0 Å². The highest BCUT2D eigenvalue weighted by Gasteiger charge is 2.24. The molecule has 1 atom stereocenters. The van der Waals surface area contributed by atoms with E-state index in [4.69, 9.17) is 44.3 Å². The molecule has 25 heavy (non-hydrogen) atoms. The van der Waals surface area contributed by atoms with Crippen molar-refractivity contribution < 1.29 is 19.1 Å². The molecule has 0 radical (unpaired) electrons. The number of hydrogen-bond donors (Lipinski definition) is 0. The third kappa shape index (κ3) is 4.63. The van der Waals surface area contributed by atoms with Crippen LogP contribution in [0.15, 0.2) is 30.5 Å². The number of carbonyl (C=O) groups is 2. The molecule has 0 saturated carbocycles. The Morgan fingerprint density at radius 3 is 2.36 bits per heavy atom. The molecule has 2 aromatic rings. The summed E-state index contributed by atoms with van der Waals surface area (Å²) in [7, 11) is 0. The molecule has 0 aliphatic carbocycles. The minimum absolute atomic E-state index is 0.00391. The fourth-order valence-corrected chi connectivity index (χ4v) is 2.53. The standard InChI is InChI=1S/C17H14Cl3NO4/c1-3-24-11-6-4-10(5-7-11)16(22)9(2)25-17(23)15-14(20)13(19)12(18)8-21-15/h4-9H,3H2,1-2H3/t9-/m1/s1. The molecule has 1 heterocycles. The van der Waals surface area contributed by atoms with Gasteiger partial charge in [-0.15, -0.1) is 0 Å². The van der Waals surface area contributed by atoms with E-state index in [-0.39, 0.29) is 26.5 Å². The summed E-state index contributed by atoms with van der Waals surface area (Å²) in [5, 5.41) is -0.0163. The molecule has 0 saturated heterocycles. The van der Waals surface area contributed by atoms with Crippen molar-refractivity contribution in [2.45, 2.75) is 20.0 Å². The second-order valence-electron chi connectivity index (χ2n) is 4.95. The van der Waals surface area contributed by atoms with Crippen LogP contribution in [0.3, 0.4) is 0 Å². The van der Waals surface area contributed by atoms with Crippen molar-refractivity contribution in [3.8, 4) is 5.75 Å². The number of halogens is 3. The highest BCUT2D eigenvalue weighted by Crippen LogP contribution is 2.31. The van der Waals surface area contributed by atoms with Gasteiger partial charge in [0.05, 0.1) is 21.7 Å². The molecule has 132 valence electrons. The molecule has 0 aliphatic heterocycles. The zero-order valence-electron chi connectivity index (χ0n) is 13.4. The number of hydrogen-bond acceptors (Lipinski definition) is 5. The van der Waals surface area contributed by atoms with Crippen molar-refractivity contribution in [1.29, 1.82) is 0 Å². The van der Waals surface area contributed by atoms with E-state index < -0.39 is 12.1 Å². The van der Waals surface area contributed by atoms with Crippen LogP contribution in [-0.4, -0.2) is 29.4 Å². The second kappa shape index (κ2) is 8.52. The van der Waals surface area contributed by atoms with Crippen LogP contribution in [0.5, 0.6) is 5.75 Å². The Morgan fingerprint density at radius 2 is 1.76 bits per heavy atom. The minimum Gasteiger partial charge on any atom is -0.494 e. The number of pyridine rings is 1. The van der Waals surface area contributed by atoms with Gasteiger partial charge in [0.25, 0.3) is 0 Å². The Hall–Kier alpha value is -1.82. The van der Waals surface area contributed by atoms with Gasteiger partial charge in [-0.25, -0.2) is 9.78 Å². The van der Waals surface area contributed by atoms with Gasteiger partial charge in [-0.05, 0) is 38.1 Å². The summed E-state index contributed by atoms with van der Waals surface area (Å²) < 4.78 is 10.5. The second-order valence-corrected chi connectivity index (χ2v) is 6.12. The van der Waals surface area contributed by atoms with Crippen molar-refractivity contribution in [3.63, 3.8) is 0 Å². The van der Waals surface area contributed by atoms with Crippen LogP contribution in [0.25, 0.3) is 0 Å². The van der Waals surface area contributed by atoms with E-state index in [1.165, 1.54) is 13.1 Å². The van der Waals surface area contributed by atoms with Gasteiger partial charge in [-0.2, -0.15) is 0 Å². The van der Waals surface area contributed by atoms with Crippen molar-refractivity contribution in [3.05, 3.63) is 56.8 Å². The molecule has 0 fully saturated rings. The van der Waals surface area contributed by atoms with Crippen LogP contribution < -0.4 is 4.74 Å². The van der Waals surface area contributed by atoms with E-state index >= 15 is 0 Å². The molecular weight excluding hydrogens is 389 g/mol. The van der Waals surface area contributed by atoms with E-state index in [1.807, 2.05) is 6.92 Å². The van der Waals surface area contributed by atoms with Gasteiger partial charge in [0.15, 0.2) is 11.8 Å². The molecule has 0 aliphatic rings. The number of aromatic nitrogens is 1. The molecule has 1 aromatic heterocycles. The summed E-state index contributed by atoms with van der Waals surface area (Å²) in [4.78, 5) is 28.3. The van der Waals surface area contributed by atoms with Crippen molar-refractivity contribution in [2.24, 2.45) is 0 Å². The monoisotopic (exact) mass is 401 g/mol. The lowest BCUT2D eigenvalue weighted by Gasteiger charge is -2.13. The first-order valence-corrected chi connectivity index (χ1v) is 8.46. The Balaban J connectivity index is 2.10. The Kier molecular flexibility index (Phi) is 6.64. The first-order valence-electron chi connectivity index (χ1n) is 7.32. The first-order chi connectivity index (χ1) is 11.8. The number of ether oxygens (including phenoxy) is 2. The van der Waals surface area contributed by atoms with Crippen LogP contribution in [-0.2, 0) is 4.74 Å². The van der Waals surface area contributed by atoms with Crippen molar-refractivity contribution in [1.82, 2.24) is 4.98 Å². The maximum absolute atomic E-state index is 12.4. The van der Waals surface area contributed by atoms with Crippen LogP contribution in [0.1, 0.15) is 34.7 Å². The molecule has 0 spiro atoms. The van der Waals surface area contributed by atoms with Crippen LogP contribution in [0, 0.1) is 0 Å². The minimum atomic E-state index is -1.03. The smallest absolute Gasteiger partial charge is 0.359 e. The Bertz CT molecular complexity index is 793. The molecule has 1 aromatic carbocycles. The van der Waals surface area contributed by atoms with Crippen LogP contribution >= 0.6 is 34.8 Å². The fourth-order valence-electron chi connectivity index (χ4n) is 1.97. The highest BCUT2D eigenvalue weighted by atomic mass is 35.5. The topological polar surface area (TPSA) is 65.5 Å². The van der Waals surface area contributed by atoms with Gasteiger partial charge < -0.3 is 9.47 Å². The average molecular weight is 403 g/mol. The van der Waals surface area contributed by atoms with E-state index in [9.17, 15) is 9.59 Å². The molecule has 0 amide bonds. The van der Waals surface area contributed by atoms with E-state index in [2.05, 4.69) is 4.98 Å². The highest BCUT2D eigenvalue weighted by molar-refractivity contribution is 6.48. The maximum Gasteiger partial charge on any atom is 0.359 e. The zero-order valence-corrected chi connectivity index (χ0v) is 15.7. The number of nitrogens with zero attached hydrogens (tertiary/aromatic N) is 1. The molecule has 8 heteroatoms. The van der Waals surface area contributed by atoms with Crippen molar-refractivity contribution in [2.75, 3.05) is 6.61 Å². The summed E-state index contributed by atoms with van der Waals surface area (Å²) in [5.41, 5.74) is 0.180. The largest absolute Gasteiger partial charge is 0.494 e. The third-order valence-electron chi connectivity index (χ3n) is 3.21. The number of ketones is 1. The van der Waals surface area contributed by atoms with E-state index in [0.717, 1.165) is 0 Å². The lowest BCUT2D eigenvalue weighted by Crippen LogP contribution is -2.25. The summed E-state index contributed by atoms with van der Waals surface area (Å²) in [6, 6.07) is 6.54. The summed E-state index contributed by atoms with van der Waals surface area (Å²) in [5.74, 6) is -0.585. The first kappa shape index (κ1) is 19.5. The number of benzene rings is 1. The van der Waals surface area contributed by atoms with Crippen LogP contribution in [0.2, 0.25) is 15.1 Å². The number of carbonyl (C=O) groups excluding carboxylic acids is 2. The van der Waals surface area contributed by atoms with E-state index in [1.54, 1.807) is 24.3 Å². The van der Waals surface area contributed by atoms with Gasteiger partial charge in [0.1, 0.15) is 5.75 Å². The molecule has 2 rings (SSSR count). The predicted molar refractivity (Wildman–Crippen MR) is 96.1 cm³/mol. The van der Waals surface area contributed by atoms with Gasteiger partial charge in [-0.1, -0.05) is 34.8 Å². The number of rotatable bonds is 6. The van der Waals surface area contributed by atoms with Gasteiger partial charge in [-0.3, -0.25) is 4.79 Å². The molecule has 0 bridgehead atoms. The van der Waals surface area contributed by atoms with E-state index in [0.29, 0.717) is 17.9 Å². The Labute approximate surface area is 159 Å². The summed E-state index contributed by atoms with van der Waals surface area (Å²) in [6.07, 6.45) is 0.156. The molecule has 0 N–H and O–H groups in total. The Morgan fingerprint density at radius 1 is 1.12 bits per heavy atom. The maximum atomic E-state index is 12.4. The average Bonchev–Trinajstić information content (AvgIpc) is 2.60.